The van der Waals surface area contributed by atoms with E-state index in [-0.39, 0.29) is 18.5 Å². The summed E-state index contributed by atoms with van der Waals surface area (Å²) < 4.78 is 10.6. The number of fused-ring (bicyclic) bond motifs is 1. The summed E-state index contributed by atoms with van der Waals surface area (Å²) in [4.78, 5) is 12.3. The molecule has 0 aromatic heterocycles. The lowest BCUT2D eigenvalue weighted by Gasteiger charge is -2.12. The minimum Gasteiger partial charge on any atom is -0.497 e. The van der Waals surface area contributed by atoms with Gasteiger partial charge in [0, 0.05) is 0 Å². The molecule has 3 aromatic rings. The van der Waals surface area contributed by atoms with Crippen LogP contribution in [0, 0.1) is 0 Å². The van der Waals surface area contributed by atoms with E-state index in [2.05, 4.69) is 0 Å². The Kier molecular flexibility index (Phi) is 5.69. The van der Waals surface area contributed by atoms with Crippen molar-refractivity contribution in [2.24, 2.45) is 0 Å². The molecular formula is C23H22O3. The van der Waals surface area contributed by atoms with Gasteiger partial charge < -0.3 is 9.47 Å². The highest BCUT2D eigenvalue weighted by atomic mass is 16.5. The van der Waals surface area contributed by atoms with Crippen molar-refractivity contribution >= 4 is 22.8 Å². The number of ether oxygens (including phenoxy) is 2. The highest BCUT2D eigenvalue weighted by Gasteiger charge is 2.16. The van der Waals surface area contributed by atoms with Gasteiger partial charge in [0.2, 0.25) is 0 Å². The van der Waals surface area contributed by atoms with Crippen molar-refractivity contribution < 1.29 is 14.3 Å². The van der Waals surface area contributed by atoms with Crippen molar-refractivity contribution in [2.45, 2.75) is 12.8 Å². The van der Waals surface area contributed by atoms with Crippen LogP contribution >= 0.6 is 0 Å². The molecule has 1 atom stereocenters. The van der Waals surface area contributed by atoms with Crippen molar-refractivity contribution in [3.05, 3.63) is 83.9 Å². The Balaban J connectivity index is 1.62. The van der Waals surface area contributed by atoms with E-state index < -0.39 is 0 Å². The molecule has 0 amide bonds. The minimum absolute atomic E-state index is 0.226. The average molecular weight is 346 g/mol. The van der Waals surface area contributed by atoms with Crippen molar-refractivity contribution in [1.29, 1.82) is 0 Å². The number of hydrogen-bond donors (Lipinski definition) is 0. The fourth-order valence-corrected chi connectivity index (χ4v) is 2.78. The summed E-state index contributed by atoms with van der Waals surface area (Å²) in [6, 6.07) is 21.8. The first-order valence-corrected chi connectivity index (χ1v) is 8.63. The number of hydrogen-bond acceptors (Lipinski definition) is 3. The molecule has 3 heteroatoms. The topological polar surface area (TPSA) is 35.5 Å². The maximum atomic E-state index is 12.3. The zero-order valence-electron chi connectivity index (χ0n) is 15.0. The Morgan fingerprint density at radius 3 is 2.50 bits per heavy atom. The Bertz CT molecular complexity index is 913. The molecule has 0 aliphatic rings. The van der Waals surface area contributed by atoms with Crippen molar-refractivity contribution in [1.82, 2.24) is 0 Å². The number of benzene rings is 3. The first-order valence-electron chi connectivity index (χ1n) is 8.63. The second kappa shape index (κ2) is 8.34. The SMILES string of the molecule is COc1ccc2cc([C@H](C)C(=O)OC/C=C/c3ccccc3)ccc2c1. The normalized spacial score (nSPS) is 12.2. The number of rotatable bonds is 6. The highest BCUT2D eigenvalue weighted by molar-refractivity contribution is 5.86. The van der Waals surface area contributed by atoms with Crippen molar-refractivity contribution in [2.75, 3.05) is 13.7 Å². The second-order valence-corrected chi connectivity index (χ2v) is 6.14. The predicted octanol–water partition coefficient (Wildman–Crippen LogP) is 5.21. The van der Waals surface area contributed by atoms with Gasteiger partial charge in [-0.2, -0.15) is 0 Å². The summed E-state index contributed by atoms with van der Waals surface area (Å²) in [6.07, 6.45) is 3.80. The smallest absolute Gasteiger partial charge is 0.313 e. The molecule has 0 saturated heterocycles. The van der Waals surface area contributed by atoms with Gasteiger partial charge in [-0.3, -0.25) is 4.79 Å². The molecule has 0 spiro atoms. The molecule has 0 fully saturated rings. The van der Waals surface area contributed by atoms with Crippen LogP contribution in [0.15, 0.2) is 72.8 Å². The monoisotopic (exact) mass is 346 g/mol. The van der Waals surface area contributed by atoms with Crippen LogP contribution in [0.3, 0.4) is 0 Å². The van der Waals surface area contributed by atoms with Crippen LogP contribution in [-0.4, -0.2) is 19.7 Å². The van der Waals surface area contributed by atoms with E-state index in [9.17, 15) is 4.79 Å². The van der Waals surface area contributed by atoms with Gasteiger partial charge in [-0.05, 0) is 47.0 Å². The molecule has 0 heterocycles. The fraction of sp³-hybridized carbons (Fsp3) is 0.174. The number of carbonyl (C=O) groups is 1. The van der Waals surface area contributed by atoms with Gasteiger partial charge in [0.1, 0.15) is 12.4 Å². The van der Waals surface area contributed by atoms with Crippen LogP contribution in [0.4, 0.5) is 0 Å². The van der Waals surface area contributed by atoms with E-state index in [1.165, 1.54) is 0 Å². The lowest BCUT2D eigenvalue weighted by atomic mass is 9.98. The summed E-state index contributed by atoms with van der Waals surface area (Å²) in [7, 11) is 1.65. The van der Waals surface area contributed by atoms with Crippen molar-refractivity contribution in [3.8, 4) is 5.75 Å². The van der Waals surface area contributed by atoms with Crippen LogP contribution in [0.1, 0.15) is 24.0 Å². The molecule has 3 rings (SSSR count). The molecule has 0 aliphatic carbocycles. The summed E-state index contributed by atoms with van der Waals surface area (Å²) >= 11 is 0. The Morgan fingerprint density at radius 1 is 1.00 bits per heavy atom. The fourth-order valence-electron chi connectivity index (χ4n) is 2.78. The number of carbonyl (C=O) groups excluding carboxylic acids is 1. The molecule has 0 radical (unpaired) electrons. The maximum absolute atomic E-state index is 12.3. The third kappa shape index (κ3) is 4.31. The molecular weight excluding hydrogens is 324 g/mol. The number of esters is 1. The van der Waals surface area contributed by atoms with E-state index in [0.29, 0.717) is 0 Å². The standard InChI is InChI=1S/C23H22O3/c1-17(23(24)26-14-6-9-18-7-4-3-5-8-18)19-10-11-21-16-22(25-2)13-12-20(21)15-19/h3-13,15-17H,14H2,1-2H3/b9-6+/t17-/m0/s1. The summed E-state index contributed by atoms with van der Waals surface area (Å²) in [5, 5.41) is 2.16. The van der Waals surface area contributed by atoms with Crippen LogP contribution in [-0.2, 0) is 9.53 Å². The Hall–Kier alpha value is -3.07. The van der Waals surface area contributed by atoms with Gasteiger partial charge in [0.05, 0.1) is 13.0 Å². The van der Waals surface area contributed by atoms with Gasteiger partial charge in [0.15, 0.2) is 0 Å². The van der Waals surface area contributed by atoms with E-state index in [4.69, 9.17) is 9.47 Å². The second-order valence-electron chi connectivity index (χ2n) is 6.14. The molecule has 0 N–H and O–H groups in total. The molecule has 0 aliphatic heterocycles. The van der Waals surface area contributed by atoms with Gasteiger partial charge in [-0.1, -0.05) is 60.7 Å². The van der Waals surface area contributed by atoms with Crippen LogP contribution < -0.4 is 4.74 Å². The zero-order chi connectivity index (χ0) is 18.4. The third-order valence-corrected chi connectivity index (χ3v) is 4.36. The van der Waals surface area contributed by atoms with E-state index in [1.54, 1.807) is 7.11 Å². The van der Waals surface area contributed by atoms with Gasteiger partial charge in [-0.15, -0.1) is 0 Å². The minimum atomic E-state index is -0.313. The molecule has 0 saturated carbocycles. The summed E-state index contributed by atoms with van der Waals surface area (Å²) in [6.45, 7) is 2.14. The van der Waals surface area contributed by atoms with Gasteiger partial charge >= 0.3 is 5.97 Å². The first-order chi connectivity index (χ1) is 12.7. The lowest BCUT2D eigenvalue weighted by Crippen LogP contribution is -2.13. The Labute approximate surface area is 153 Å². The summed E-state index contributed by atoms with van der Waals surface area (Å²) in [5.41, 5.74) is 2.03. The van der Waals surface area contributed by atoms with Crippen LogP contribution in [0.25, 0.3) is 16.8 Å². The molecule has 0 unspecified atom stereocenters. The van der Waals surface area contributed by atoms with E-state index in [1.807, 2.05) is 85.8 Å². The Morgan fingerprint density at radius 2 is 1.73 bits per heavy atom. The van der Waals surface area contributed by atoms with Crippen LogP contribution in [0.2, 0.25) is 0 Å². The average Bonchev–Trinajstić information content (AvgIpc) is 2.70. The predicted molar refractivity (Wildman–Crippen MR) is 105 cm³/mol. The van der Waals surface area contributed by atoms with Crippen LogP contribution in [0.5, 0.6) is 5.75 Å². The third-order valence-electron chi connectivity index (χ3n) is 4.36. The largest absolute Gasteiger partial charge is 0.497 e. The van der Waals surface area contributed by atoms with E-state index in [0.717, 1.165) is 27.6 Å². The first kappa shape index (κ1) is 17.7. The molecule has 26 heavy (non-hydrogen) atoms. The van der Waals surface area contributed by atoms with Gasteiger partial charge in [-0.25, -0.2) is 0 Å². The van der Waals surface area contributed by atoms with E-state index >= 15 is 0 Å². The summed E-state index contributed by atoms with van der Waals surface area (Å²) in [5.74, 6) is 0.283. The molecule has 3 aromatic carbocycles. The quantitative estimate of drug-likeness (QED) is 0.575. The molecule has 3 nitrogen and oxygen atoms in total. The van der Waals surface area contributed by atoms with Crippen molar-refractivity contribution in [3.63, 3.8) is 0 Å². The molecule has 132 valence electrons. The zero-order valence-corrected chi connectivity index (χ0v) is 15.0. The highest BCUT2D eigenvalue weighted by Crippen LogP contribution is 2.25. The van der Waals surface area contributed by atoms with Gasteiger partial charge in [0.25, 0.3) is 0 Å². The lowest BCUT2D eigenvalue weighted by molar-refractivity contribution is -0.143. The maximum Gasteiger partial charge on any atom is 0.313 e. The molecule has 0 bridgehead atoms. The number of methoxy groups -OCH3 is 1.